The van der Waals surface area contributed by atoms with Crippen LogP contribution in [0.4, 0.5) is 0 Å². The highest BCUT2D eigenvalue weighted by molar-refractivity contribution is 7.89. The molecule has 2 aromatic rings. The minimum Gasteiger partial charge on any atom is -0.379 e. The molecule has 1 amide bonds. The van der Waals surface area contributed by atoms with Crippen LogP contribution in [0.2, 0.25) is 0 Å². The Kier molecular flexibility index (Phi) is 5.48. The van der Waals surface area contributed by atoms with Gasteiger partial charge in [-0.25, -0.2) is 8.42 Å². The van der Waals surface area contributed by atoms with Gasteiger partial charge in [0.25, 0.3) is 5.91 Å². The lowest BCUT2D eigenvalue weighted by Gasteiger charge is -2.26. The average Bonchev–Trinajstić information content (AvgIpc) is 3.58. The monoisotopic (exact) mass is 400 g/mol. The first-order chi connectivity index (χ1) is 13.6. The van der Waals surface area contributed by atoms with E-state index in [4.69, 9.17) is 4.74 Å². The Bertz CT molecular complexity index is 936. The molecule has 2 aromatic carbocycles. The number of morpholine rings is 1. The van der Waals surface area contributed by atoms with Crippen LogP contribution in [-0.2, 0) is 14.8 Å². The largest absolute Gasteiger partial charge is 0.379 e. The fourth-order valence-corrected chi connectivity index (χ4v) is 4.98. The number of carbonyl (C=O) groups excluding carboxylic acids is 1. The van der Waals surface area contributed by atoms with Crippen molar-refractivity contribution in [1.29, 1.82) is 0 Å². The van der Waals surface area contributed by atoms with Crippen LogP contribution in [0.25, 0.3) is 0 Å². The molecule has 1 atom stereocenters. The zero-order valence-corrected chi connectivity index (χ0v) is 16.4. The van der Waals surface area contributed by atoms with Crippen LogP contribution < -0.4 is 5.32 Å². The zero-order valence-electron chi connectivity index (χ0n) is 15.6. The van der Waals surface area contributed by atoms with Gasteiger partial charge < -0.3 is 10.1 Å². The molecule has 148 valence electrons. The molecule has 0 bridgehead atoms. The quantitative estimate of drug-likeness (QED) is 0.809. The molecule has 1 aliphatic carbocycles. The van der Waals surface area contributed by atoms with E-state index in [-0.39, 0.29) is 16.8 Å². The molecule has 0 spiro atoms. The highest BCUT2D eigenvalue weighted by atomic mass is 32.2. The summed E-state index contributed by atoms with van der Waals surface area (Å²) < 4.78 is 32.4. The first-order valence-electron chi connectivity index (χ1n) is 9.59. The third-order valence-corrected chi connectivity index (χ3v) is 7.14. The van der Waals surface area contributed by atoms with Crippen molar-refractivity contribution in [3.8, 4) is 0 Å². The molecule has 2 fully saturated rings. The Morgan fingerprint density at radius 2 is 1.75 bits per heavy atom. The molecule has 28 heavy (non-hydrogen) atoms. The van der Waals surface area contributed by atoms with Crippen LogP contribution in [0.1, 0.15) is 34.8 Å². The van der Waals surface area contributed by atoms with E-state index in [1.54, 1.807) is 12.1 Å². The molecular formula is C21H24N2O4S. The van der Waals surface area contributed by atoms with Crippen LogP contribution in [-0.4, -0.2) is 44.9 Å². The van der Waals surface area contributed by atoms with Crippen LogP contribution >= 0.6 is 0 Å². The van der Waals surface area contributed by atoms with Crippen molar-refractivity contribution in [1.82, 2.24) is 9.62 Å². The van der Waals surface area contributed by atoms with E-state index >= 15 is 0 Å². The zero-order chi connectivity index (χ0) is 19.6. The summed E-state index contributed by atoms with van der Waals surface area (Å²) in [4.78, 5) is 13.0. The maximum Gasteiger partial charge on any atom is 0.251 e. The number of ether oxygens (including phenoxy) is 1. The second-order valence-corrected chi connectivity index (χ2v) is 9.18. The summed E-state index contributed by atoms with van der Waals surface area (Å²) >= 11 is 0. The van der Waals surface area contributed by atoms with Gasteiger partial charge in [0.2, 0.25) is 10.0 Å². The standard InChI is InChI=1S/C21H24N2O4S/c24-21(22-20(17-9-10-17)16-5-2-1-3-6-16)18-7-4-8-19(15-18)28(25,26)23-11-13-27-14-12-23/h1-8,15,17,20H,9-14H2,(H,22,24)/t20-/m1/s1. The first kappa shape index (κ1) is 19.1. The summed E-state index contributed by atoms with van der Waals surface area (Å²) in [5.41, 5.74) is 1.44. The molecule has 1 N–H and O–H groups in total. The molecule has 1 saturated heterocycles. The van der Waals surface area contributed by atoms with Gasteiger partial charge in [0.05, 0.1) is 24.2 Å². The van der Waals surface area contributed by atoms with Gasteiger partial charge in [0.1, 0.15) is 0 Å². The predicted octanol–water partition coefficient (Wildman–Crippen LogP) is 2.59. The van der Waals surface area contributed by atoms with E-state index in [9.17, 15) is 13.2 Å². The van der Waals surface area contributed by atoms with Crippen molar-refractivity contribution >= 4 is 15.9 Å². The highest BCUT2D eigenvalue weighted by Gasteiger charge is 2.34. The summed E-state index contributed by atoms with van der Waals surface area (Å²) in [6.45, 7) is 1.44. The molecule has 0 unspecified atom stereocenters. The average molecular weight is 401 g/mol. The van der Waals surface area contributed by atoms with Crippen molar-refractivity contribution in [3.05, 3.63) is 65.7 Å². The van der Waals surface area contributed by atoms with E-state index in [1.165, 1.54) is 16.4 Å². The van der Waals surface area contributed by atoms with E-state index in [0.717, 1.165) is 18.4 Å². The summed E-state index contributed by atoms with van der Waals surface area (Å²) in [6.07, 6.45) is 2.18. The maximum absolute atomic E-state index is 12.9. The van der Waals surface area contributed by atoms with E-state index in [0.29, 0.717) is 37.8 Å². The Balaban J connectivity index is 1.54. The Morgan fingerprint density at radius 3 is 2.43 bits per heavy atom. The summed E-state index contributed by atoms with van der Waals surface area (Å²) in [5, 5.41) is 3.10. The molecule has 1 saturated carbocycles. The minimum absolute atomic E-state index is 0.0480. The number of nitrogens with zero attached hydrogens (tertiary/aromatic N) is 1. The third-order valence-electron chi connectivity index (χ3n) is 5.24. The number of rotatable bonds is 6. The molecule has 7 heteroatoms. The van der Waals surface area contributed by atoms with Crippen molar-refractivity contribution < 1.29 is 17.9 Å². The normalized spacial score (nSPS) is 19.1. The fourth-order valence-electron chi connectivity index (χ4n) is 3.52. The molecule has 1 heterocycles. The summed E-state index contributed by atoms with van der Waals surface area (Å²) in [6, 6.07) is 16.2. The number of carbonyl (C=O) groups is 1. The van der Waals surface area contributed by atoms with E-state index < -0.39 is 10.0 Å². The molecule has 4 rings (SSSR count). The number of hydrogen-bond acceptors (Lipinski definition) is 4. The van der Waals surface area contributed by atoms with Crippen LogP contribution in [0.15, 0.2) is 59.5 Å². The number of sulfonamides is 1. The topological polar surface area (TPSA) is 75.7 Å². The van der Waals surface area contributed by atoms with Crippen LogP contribution in [0.3, 0.4) is 0 Å². The van der Waals surface area contributed by atoms with Crippen molar-refractivity contribution in [2.24, 2.45) is 5.92 Å². The molecule has 0 aromatic heterocycles. The lowest BCUT2D eigenvalue weighted by Crippen LogP contribution is -2.40. The third kappa shape index (κ3) is 4.11. The van der Waals surface area contributed by atoms with Gasteiger partial charge >= 0.3 is 0 Å². The van der Waals surface area contributed by atoms with Gasteiger partial charge in [-0.1, -0.05) is 36.4 Å². The first-order valence-corrected chi connectivity index (χ1v) is 11.0. The molecular weight excluding hydrogens is 376 g/mol. The van der Waals surface area contributed by atoms with Gasteiger partial charge in [0, 0.05) is 18.7 Å². The van der Waals surface area contributed by atoms with Crippen LogP contribution in [0, 0.1) is 5.92 Å². The lowest BCUT2D eigenvalue weighted by molar-refractivity contribution is 0.0730. The number of hydrogen-bond donors (Lipinski definition) is 1. The second-order valence-electron chi connectivity index (χ2n) is 7.24. The number of amides is 1. The van der Waals surface area contributed by atoms with Gasteiger partial charge in [-0.2, -0.15) is 4.31 Å². The predicted molar refractivity (Wildman–Crippen MR) is 105 cm³/mol. The van der Waals surface area contributed by atoms with Gasteiger partial charge in [-0.15, -0.1) is 0 Å². The lowest BCUT2D eigenvalue weighted by atomic mass is 10.0. The van der Waals surface area contributed by atoms with Gasteiger partial charge in [-0.3, -0.25) is 4.79 Å². The molecule has 2 aliphatic rings. The smallest absolute Gasteiger partial charge is 0.251 e. The van der Waals surface area contributed by atoms with Gasteiger partial charge in [-0.05, 0) is 42.5 Å². The summed E-state index contributed by atoms with van der Waals surface area (Å²) in [5.74, 6) is 0.186. The Labute approximate surface area is 165 Å². The molecule has 6 nitrogen and oxygen atoms in total. The Hall–Kier alpha value is -2.22. The SMILES string of the molecule is O=C(N[C@H](c1ccccc1)C1CC1)c1cccc(S(=O)(=O)N2CCOCC2)c1. The number of benzene rings is 2. The van der Waals surface area contributed by atoms with E-state index in [2.05, 4.69) is 5.32 Å². The fraction of sp³-hybridized carbons (Fsp3) is 0.381. The highest BCUT2D eigenvalue weighted by Crippen LogP contribution is 2.41. The van der Waals surface area contributed by atoms with Crippen molar-refractivity contribution in [3.63, 3.8) is 0 Å². The molecule has 1 aliphatic heterocycles. The number of nitrogens with one attached hydrogen (secondary N) is 1. The summed E-state index contributed by atoms with van der Waals surface area (Å²) in [7, 11) is -3.63. The van der Waals surface area contributed by atoms with Crippen molar-refractivity contribution in [2.45, 2.75) is 23.8 Å². The second kappa shape index (κ2) is 8.03. The maximum atomic E-state index is 12.9. The molecule has 0 radical (unpaired) electrons. The Morgan fingerprint density at radius 1 is 1.04 bits per heavy atom. The van der Waals surface area contributed by atoms with Gasteiger partial charge in [0.15, 0.2) is 0 Å². The van der Waals surface area contributed by atoms with Crippen molar-refractivity contribution in [2.75, 3.05) is 26.3 Å². The van der Waals surface area contributed by atoms with Crippen LogP contribution in [0.5, 0.6) is 0 Å². The van der Waals surface area contributed by atoms with E-state index in [1.807, 2.05) is 30.3 Å². The minimum atomic E-state index is -3.63.